The zero-order chi connectivity index (χ0) is 20.4. The summed E-state index contributed by atoms with van der Waals surface area (Å²) < 4.78 is 10.5. The van der Waals surface area contributed by atoms with Crippen LogP contribution in [0, 0.1) is 13.8 Å². The molecule has 8 nitrogen and oxygen atoms in total. The van der Waals surface area contributed by atoms with Crippen molar-refractivity contribution in [3.63, 3.8) is 0 Å². The molecule has 0 aliphatic heterocycles. The summed E-state index contributed by atoms with van der Waals surface area (Å²) in [5, 5.41) is 7.59. The van der Waals surface area contributed by atoms with Crippen LogP contribution in [0.25, 0.3) is 0 Å². The van der Waals surface area contributed by atoms with Crippen molar-refractivity contribution in [2.75, 3.05) is 26.2 Å². The Bertz CT molecular complexity index is 668. The Morgan fingerprint density at radius 3 is 2.22 bits per heavy atom. The highest BCUT2D eigenvalue weighted by atomic mass is 16.6. The summed E-state index contributed by atoms with van der Waals surface area (Å²) in [5.74, 6) is 0.0189. The summed E-state index contributed by atoms with van der Waals surface area (Å²) in [6.45, 7) is 9.32. The van der Waals surface area contributed by atoms with E-state index in [0.717, 1.165) is 11.1 Å². The van der Waals surface area contributed by atoms with Crippen LogP contribution in [0.2, 0.25) is 0 Å². The topological polar surface area (TPSA) is 106 Å². The first-order chi connectivity index (χ1) is 12.6. The van der Waals surface area contributed by atoms with Crippen molar-refractivity contribution in [3.8, 4) is 5.75 Å². The van der Waals surface area contributed by atoms with Gasteiger partial charge in [-0.3, -0.25) is 9.59 Å². The zero-order valence-corrected chi connectivity index (χ0v) is 16.6. The van der Waals surface area contributed by atoms with Crippen LogP contribution >= 0.6 is 0 Å². The Hall–Kier alpha value is -2.77. The van der Waals surface area contributed by atoms with Crippen LogP contribution in [0.5, 0.6) is 5.75 Å². The van der Waals surface area contributed by atoms with Gasteiger partial charge in [0.25, 0.3) is 5.91 Å². The molecule has 3 N–H and O–H groups in total. The van der Waals surface area contributed by atoms with Crippen molar-refractivity contribution in [2.45, 2.75) is 40.2 Å². The van der Waals surface area contributed by atoms with Crippen molar-refractivity contribution in [3.05, 3.63) is 29.3 Å². The molecule has 150 valence electrons. The molecule has 8 heteroatoms. The largest absolute Gasteiger partial charge is 0.483 e. The summed E-state index contributed by atoms with van der Waals surface area (Å²) in [4.78, 5) is 34.8. The highest BCUT2D eigenvalue weighted by molar-refractivity contribution is 5.82. The number of carbonyl (C=O) groups excluding carboxylic acids is 3. The molecule has 1 aromatic rings. The minimum atomic E-state index is -0.658. The lowest BCUT2D eigenvalue weighted by atomic mass is 10.1. The second-order valence-electron chi connectivity index (χ2n) is 7.04. The van der Waals surface area contributed by atoms with Crippen LogP contribution in [-0.2, 0) is 14.3 Å². The Balaban J connectivity index is 2.16. The highest BCUT2D eigenvalue weighted by Gasteiger charge is 2.16. The second-order valence-corrected chi connectivity index (χ2v) is 7.04. The quantitative estimate of drug-likeness (QED) is 0.593. The van der Waals surface area contributed by atoms with E-state index in [4.69, 9.17) is 9.47 Å². The summed E-state index contributed by atoms with van der Waals surface area (Å²) in [5.41, 5.74) is 1.47. The van der Waals surface area contributed by atoms with Gasteiger partial charge in [-0.15, -0.1) is 0 Å². The van der Waals surface area contributed by atoms with Gasteiger partial charge in [-0.1, -0.05) is 12.1 Å². The normalized spacial score (nSPS) is 10.7. The number of carbonyl (C=O) groups is 3. The lowest BCUT2D eigenvalue weighted by Crippen LogP contribution is -2.42. The van der Waals surface area contributed by atoms with Gasteiger partial charge < -0.3 is 25.4 Å². The summed E-state index contributed by atoms with van der Waals surface area (Å²) in [6, 6.07) is 5.66. The fourth-order valence-corrected chi connectivity index (χ4v) is 2.01. The third kappa shape index (κ3) is 9.48. The number of aryl methyl sites for hydroxylation is 1. The van der Waals surface area contributed by atoms with E-state index in [0.29, 0.717) is 5.75 Å². The van der Waals surface area contributed by atoms with E-state index in [2.05, 4.69) is 16.0 Å². The first-order valence-electron chi connectivity index (χ1n) is 8.78. The van der Waals surface area contributed by atoms with Gasteiger partial charge in [0.2, 0.25) is 5.91 Å². The number of benzene rings is 1. The smallest absolute Gasteiger partial charge is 0.408 e. The zero-order valence-electron chi connectivity index (χ0n) is 16.6. The van der Waals surface area contributed by atoms with Crippen LogP contribution in [0.1, 0.15) is 31.9 Å². The maximum atomic E-state index is 11.8. The van der Waals surface area contributed by atoms with Crippen molar-refractivity contribution in [2.24, 2.45) is 0 Å². The molecule has 0 atom stereocenters. The Kier molecular flexibility index (Phi) is 8.58. The van der Waals surface area contributed by atoms with E-state index >= 15 is 0 Å². The lowest BCUT2D eigenvalue weighted by molar-refractivity contribution is -0.123. The summed E-state index contributed by atoms with van der Waals surface area (Å²) >= 11 is 0. The Labute approximate surface area is 160 Å². The van der Waals surface area contributed by atoms with Crippen molar-refractivity contribution >= 4 is 17.9 Å². The molecule has 0 aromatic heterocycles. The molecule has 0 fully saturated rings. The first kappa shape index (κ1) is 22.3. The molecule has 27 heavy (non-hydrogen) atoms. The summed E-state index contributed by atoms with van der Waals surface area (Å²) in [7, 11) is 0. The maximum Gasteiger partial charge on any atom is 0.408 e. The van der Waals surface area contributed by atoms with E-state index in [1.807, 2.05) is 32.0 Å². The number of hydrogen-bond donors (Lipinski definition) is 3. The fraction of sp³-hybridized carbons (Fsp3) is 0.526. The van der Waals surface area contributed by atoms with Gasteiger partial charge >= 0.3 is 6.09 Å². The number of hydrogen-bond acceptors (Lipinski definition) is 5. The van der Waals surface area contributed by atoms with Crippen molar-refractivity contribution in [1.82, 2.24) is 16.0 Å². The Morgan fingerprint density at radius 2 is 1.59 bits per heavy atom. The van der Waals surface area contributed by atoms with Gasteiger partial charge in [0.05, 0.1) is 6.54 Å². The molecular formula is C19H29N3O5. The van der Waals surface area contributed by atoms with Gasteiger partial charge in [0.1, 0.15) is 11.4 Å². The molecule has 0 unspecified atom stereocenters. The molecule has 0 saturated carbocycles. The van der Waals surface area contributed by atoms with Crippen LogP contribution in [0.15, 0.2) is 18.2 Å². The molecule has 3 amide bonds. The van der Waals surface area contributed by atoms with E-state index in [1.54, 1.807) is 20.8 Å². The highest BCUT2D eigenvalue weighted by Crippen LogP contribution is 2.20. The number of rotatable bonds is 8. The molecule has 1 rings (SSSR count). The van der Waals surface area contributed by atoms with Crippen molar-refractivity contribution < 1.29 is 23.9 Å². The van der Waals surface area contributed by atoms with E-state index in [1.165, 1.54) is 0 Å². The number of ether oxygens (including phenoxy) is 2. The molecule has 0 spiro atoms. The lowest BCUT2D eigenvalue weighted by Gasteiger charge is -2.19. The van der Waals surface area contributed by atoms with Gasteiger partial charge in [0, 0.05) is 13.1 Å². The van der Waals surface area contributed by atoms with Gasteiger partial charge in [-0.05, 0) is 51.8 Å². The molecule has 0 saturated heterocycles. The molecule has 1 aromatic carbocycles. The third-order valence-electron chi connectivity index (χ3n) is 3.48. The molecular weight excluding hydrogens is 350 g/mol. The van der Waals surface area contributed by atoms with Gasteiger partial charge in [-0.2, -0.15) is 0 Å². The van der Waals surface area contributed by atoms with Crippen LogP contribution in [0.4, 0.5) is 4.79 Å². The monoisotopic (exact) mass is 379 g/mol. The predicted molar refractivity (Wildman–Crippen MR) is 102 cm³/mol. The van der Waals surface area contributed by atoms with E-state index < -0.39 is 11.7 Å². The molecule has 0 aliphatic carbocycles. The van der Waals surface area contributed by atoms with Crippen LogP contribution < -0.4 is 20.7 Å². The van der Waals surface area contributed by atoms with Gasteiger partial charge in [0.15, 0.2) is 6.61 Å². The van der Waals surface area contributed by atoms with E-state index in [-0.39, 0.29) is 38.1 Å². The average molecular weight is 379 g/mol. The molecule has 0 heterocycles. The molecule has 0 aliphatic rings. The molecule has 0 radical (unpaired) electrons. The SMILES string of the molecule is Cc1cccc(OCC(=O)NCCNC(=O)CNC(=O)OC(C)(C)C)c1C. The minimum Gasteiger partial charge on any atom is -0.483 e. The summed E-state index contributed by atoms with van der Waals surface area (Å²) in [6.07, 6.45) is -0.658. The van der Waals surface area contributed by atoms with Gasteiger partial charge in [-0.25, -0.2) is 4.79 Å². The number of amides is 3. The average Bonchev–Trinajstić information content (AvgIpc) is 2.56. The van der Waals surface area contributed by atoms with Crippen LogP contribution in [0.3, 0.4) is 0 Å². The first-order valence-corrected chi connectivity index (χ1v) is 8.78. The maximum absolute atomic E-state index is 11.8. The third-order valence-corrected chi connectivity index (χ3v) is 3.48. The number of alkyl carbamates (subject to hydrolysis) is 1. The van der Waals surface area contributed by atoms with E-state index in [9.17, 15) is 14.4 Å². The minimum absolute atomic E-state index is 0.0988. The fourth-order valence-electron chi connectivity index (χ4n) is 2.01. The number of nitrogens with one attached hydrogen (secondary N) is 3. The van der Waals surface area contributed by atoms with Crippen molar-refractivity contribution in [1.29, 1.82) is 0 Å². The second kappa shape index (κ2) is 10.4. The standard InChI is InChI=1S/C19H29N3O5/c1-13-7-6-8-15(14(13)2)26-12-17(24)21-10-9-20-16(23)11-22-18(25)27-19(3,4)5/h6-8H,9-12H2,1-5H3,(H,20,23)(H,21,24)(H,22,25). The predicted octanol–water partition coefficient (Wildman–Crippen LogP) is 1.44. The molecule has 0 bridgehead atoms. The van der Waals surface area contributed by atoms with Crippen LogP contribution in [-0.4, -0.2) is 49.7 Å². The Morgan fingerprint density at radius 1 is 0.963 bits per heavy atom.